The van der Waals surface area contributed by atoms with E-state index in [9.17, 15) is 9.59 Å². The fourth-order valence-electron chi connectivity index (χ4n) is 5.66. The Morgan fingerprint density at radius 1 is 1.03 bits per heavy atom. The van der Waals surface area contributed by atoms with E-state index in [-0.39, 0.29) is 17.5 Å². The second-order valence-corrected chi connectivity index (χ2v) is 12.0. The van der Waals surface area contributed by atoms with Gasteiger partial charge in [-0.3, -0.25) is 23.8 Å². The van der Waals surface area contributed by atoms with Crippen LogP contribution in [0.15, 0.2) is 58.4 Å². The Morgan fingerprint density at radius 2 is 1.76 bits per heavy atom. The molecule has 2 aliphatic heterocycles. The van der Waals surface area contributed by atoms with Gasteiger partial charge in [0.2, 0.25) is 0 Å². The third-order valence-electron chi connectivity index (χ3n) is 7.70. The number of carbonyl (C=O) groups excluding carboxylic acids is 1. The number of thioether (sulfide) groups is 1. The number of thiocarbonyl (C=S) groups is 1. The van der Waals surface area contributed by atoms with E-state index in [1.165, 1.54) is 17.3 Å². The highest BCUT2D eigenvalue weighted by Gasteiger charge is 2.38. The topological polar surface area (TPSA) is 61.2 Å². The van der Waals surface area contributed by atoms with Crippen molar-refractivity contribution in [1.29, 1.82) is 0 Å². The number of pyridine rings is 1. The van der Waals surface area contributed by atoms with E-state index >= 15 is 0 Å². The fourth-order valence-corrected chi connectivity index (χ4v) is 7.04. The molecule has 0 bridgehead atoms. The minimum Gasteiger partial charge on any atom is -0.353 e. The van der Waals surface area contributed by atoms with E-state index in [1.807, 2.05) is 31.3 Å². The number of amides is 1. The molecule has 0 N–H and O–H groups in total. The Labute approximate surface area is 232 Å². The summed E-state index contributed by atoms with van der Waals surface area (Å²) in [5, 5.41) is 0. The quantitative estimate of drug-likeness (QED) is 0.346. The molecule has 0 spiro atoms. The highest BCUT2D eigenvalue weighted by Crippen LogP contribution is 2.38. The van der Waals surface area contributed by atoms with Crippen LogP contribution in [0.3, 0.4) is 0 Å². The van der Waals surface area contributed by atoms with Crippen LogP contribution in [0.2, 0.25) is 0 Å². The van der Waals surface area contributed by atoms with E-state index in [0.717, 1.165) is 64.0 Å². The molecule has 38 heavy (non-hydrogen) atoms. The van der Waals surface area contributed by atoms with Crippen LogP contribution in [0.1, 0.15) is 42.4 Å². The van der Waals surface area contributed by atoms with E-state index in [2.05, 4.69) is 34.1 Å². The van der Waals surface area contributed by atoms with Crippen LogP contribution in [0.5, 0.6) is 0 Å². The van der Waals surface area contributed by atoms with Gasteiger partial charge in [-0.05, 0) is 43.0 Å². The number of carbonyl (C=O) groups is 1. The minimum absolute atomic E-state index is 0.0840. The van der Waals surface area contributed by atoms with Gasteiger partial charge in [-0.1, -0.05) is 73.2 Å². The van der Waals surface area contributed by atoms with E-state index in [0.29, 0.717) is 26.3 Å². The lowest BCUT2D eigenvalue weighted by Gasteiger charge is -2.36. The van der Waals surface area contributed by atoms with Crippen LogP contribution in [-0.2, 0) is 11.3 Å². The molecule has 1 amide bonds. The van der Waals surface area contributed by atoms with Gasteiger partial charge in [0.1, 0.15) is 15.8 Å². The van der Waals surface area contributed by atoms with Crippen molar-refractivity contribution in [3.8, 4) is 0 Å². The van der Waals surface area contributed by atoms with Gasteiger partial charge in [-0.15, -0.1) is 0 Å². The van der Waals surface area contributed by atoms with Crippen LogP contribution >= 0.6 is 24.0 Å². The number of aromatic nitrogens is 2. The van der Waals surface area contributed by atoms with Crippen molar-refractivity contribution in [3.05, 3.63) is 80.6 Å². The molecule has 9 heteroatoms. The van der Waals surface area contributed by atoms with Crippen LogP contribution < -0.4 is 10.5 Å². The number of anilines is 1. The summed E-state index contributed by atoms with van der Waals surface area (Å²) in [6, 6.07) is 14.5. The third-order valence-corrected chi connectivity index (χ3v) is 9.03. The summed E-state index contributed by atoms with van der Waals surface area (Å²) in [5.74, 6) is 0.559. The van der Waals surface area contributed by atoms with Crippen molar-refractivity contribution >= 4 is 51.7 Å². The summed E-state index contributed by atoms with van der Waals surface area (Å²) in [4.78, 5) is 39.1. The zero-order valence-corrected chi connectivity index (χ0v) is 23.1. The van der Waals surface area contributed by atoms with Crippen molar-refractivity contribution in [3.63, 3.8) is 0 Å². The first-order valence-corrected chi connectivity index (χ1v) is 14.5. The Balaban J connectivity index is 1.33. The number of piperazine rings is 1. The summed E-state index contributed by atoms with van der Waals surface area (Å²) >= 11 is 6.92. The highest BCUT2D eigenvalue weighted by atomic mass is 32.2. The molecule has 6 rings (SSSR count). The first kappa shape index (κ1) is 25.3. The van der Waals surface area contributed by atoms with Gasteiger partial charge in [0.15, 0.2) is 0 Å². The van der Waals surface area contributed by atoms with Gasteiger partial charge in [0, 0.05) is 45.0 Å². The fraction of sp³-hybridized carbons (Fsp3) is 0.379. The van der Waals surface area contributed by atoms with E-state index in [4.69, 9.17) is 17.2 Å². The predicted molar refractivity (Wildman–Crippen MR) is 157 cm³/mol. The number of rotatable bonds is 5. The van der Waals surface area contributed by atoms with Crippen molar-refractivity contribution in [2.75, 3.05) is 31.1 Å². The molecule has 1 aliphatic carbocycles. The SMILES string of the molecule is Cc1ccc2nc(N3CCN(Cc4ccccc4)CC3)c(/C=C3/SC(=S)N(C4CCCC4)C3=O)c(=O)n2c1. The normalized spacial score (nSPS) is 20.4. The standard InChI is InChI=1S/C29H31N5O2S2/c1-20-11-12-25-30-26(32-15-13-31(14-16-32)19-21-7-3-2-4-8-21)23(27(35)33(25)18-20)17-24-28(36)34(29(37)38-24)22-9-5-6-10-22/h2-4,7-8,11-12,17-18,22H,5-6,9-10,13-16,19H2,1H3/b24-17+. The summed E-state index contributed by atoms with van der Waals surface area (Å²) in [7, 11) is 0. The molecule has 4 heterocycles. The zero-order chi connectivity index (χ0) is 26.2. The van der Waals surface area contributed by atoms with Crippen molar-refractivity contribution in [2.45, 2.75) is 45.2 Å². The minimum atomic E-state index is -0.161. The number of hydrogen-bond acceptors (Lipinski definition) is 7. The first-order valence-electron chi connectivity index (χ1n) is 13.3. The maximum Gasteiger partial charge on any atom is 0.267 e. The molecular weight excluding hydrogens is 514 g/mol. The molecule has 2 aromatic heterocycles. The second-order valence-electron chi connectivity index (χ2n) is 10.3. The van der Waals surface area contributed by atoms with Gasteiger partial charge in [0.05, 0.1) is 10.5 Å². The molecule has 0 atom stereocenters. The average molecular weight is 546 g/mol. The molecule has 3 aromatic rings. The number of aryl methyl sites for hydroxylation is 1. The molecule has 0 unspecified atom stereocenters. The molecule has 1 saturated carbocycles. The molecule has 2 saturated heterocycles. The molecule has 1 aromatic carbocycles. The maximum absolute atomic E-state index is 13.8. The van der Waals surface area contributed by atoms with Crippen LogP contribution in [0.25, 0.3) is 11.7 Å². The van der Waals surface area contributed by atoms with E-state index in [1.54, 1.807) is 15.4 Å². The van der Waals surface area contributed by atoms with Gasteiger partial charge in [-0.2, -0.15) is 0 Å². The summed E-state index contributed by atoms with van der Waals surface area (Å²) in [6.45, 7) is 6.10. The largest absolute Gasteiger partial charge is 0.353 e. The van der Waals surface area contributed by atoms with Crippen molar-refractivity contribution in [2.24, 2.45) is 0 Å². The first-order chi connectivity index (χ1) is 18.5. The summed E-state index contributed by atoms with van der Waals surface area (Å²) < 4.78 is 2.18. The van der Waals surface area contributed by atoms with Crippen molar-refractivity contribution in [1.82, 2.24) is 19.2 Å². The predicted octanol–water partition coefficient (Wildman–Crippen LogP) is 4.47. The third kappa shape index (κ3) is 4.90. The van der Waals surface area contributed by atoms with Crippen LogP contribution in [0, 0.1) is 6.92 Å². The highest BCUT2D eigenvalue weighted by molar-refractivity contribution is 8.26. The van der Waals surface area contributed by atoms with Gasteiger partial charge in [-0.25, -0.2) is 4.98 Å². The molecule has 0 radical (unpaired) electrons. The summed E-state index contributed by atoms with van der Waals surface area (Å²) in [6.07, 6.45) is 7.76. The van der Waals surface area contributed by atoms with Crippen molar-refractivity contribution < 1.29 is 4.79 Å². The Morgan fingerprint density at radius 3 is 2.50 bits per heavy atom. The molecule has 7 nitrogen and oxygen atoms in total. The van der Waals surface area contributed by atoms with Crippen LogP contribution in [-0.4, -0.2) is 61.6 Å². The number of hydrogen-bond donors (Lipinski definition) is 0. The smallest absolute Gasteiger partial charge is 0.267 e. The van der Waals surface area contributed by atoms with Gasteiger partial charge in [0.25, 0.3) is 11.5 Å². The maximum atomic E-state index is 13.8. The van der Waals surface area contributed by atoms with Gasteiger partial charge >= 0.3 is 0 Å². The molecule has 3 fully saturated rings. The second kappa shape index (κ2) is 10.6. The van der Waals surface area contributed by atoms with Gasteiger partial charge < -0.3 is 4.90 Å². The number of benzene rings is 1. The number of nitrogens with zero attached hydrogens (tertiary/aromatic N) is 5. The Kier molecular flexibility index (Phi) is 7.07. The number of fused-ring (bicyclic) bond motifs is 1. The monoisotopic (exact) mass is 545 g/mol. The lowest BCUT2D eigenvalue weighted by molar-refractivity contribution is -0.123. The molecule has 3 aliphatic rings. The average Bonchev–Trinajstić information content (AvgIpc) is 3.54. The summed E-state index contributed by atoms with van der Waals surface area (Å²) in [5.41, 5.74) is 3.17. The van der Waals surface area contributed by atoms with Crippen LogP contribution in [0.4, 0.5) is 5.82 Å². The lowest BCUT2D eigenvalue weighted by Crippen LogP contribution is -2.47. The molecular formula is C29H31N5O2S2. The lowest BCUT2D eigenvalue weighted by atomic mass is 10.1. The zero-order valence-electron chi connectivity index (χ0n) is 21.5. The Bertz CT molecular complexity index is 1470. The van der Waals surface area contributed by atoms with E-state index < -0.39 is 0 Å². The Hall–Kier alpha value is -3.01. The molecule has 196 valence electrons.